The standard InChI is InChI=1S/C11H25N3O/c1-5-11(15)12-7-8-14(6-2)10-9-13(3)4/h5-10H2,1-4H3,(H,12,15). The molecule has 4 nitrogen and oxygen atoms in total. The number of nitrogens with zero attached hydrogens (tertiary/aromatic N) is 2. The highest BCUT2D eigenvalue weighted by atomic mass is 16.1. The first-order valence-electron chi connectivity index (χ1n) is 5.73. The van der Waals surface area contributed by atoms with Gasteiger partial charge >= 0.3 is 0 Å². The number of carbonyl (C=O) groups excluding carboxylic acids is 1. The van der Waals surface area contributed by atoms with E-state index < -0.39 is 0 Å². The van der Waals surface area contributed by atoms with Crippen LogP contribution in [0.25, 0.3) is 0 Å². The van der Waals surface area contributed by atoms with Crippen LogP contribution in [0.2, 0.25) is 0 Å². The molecule has 0 saturated carbocycles. The molecule has 1 N–H and O–H groups in total. The van der Waals surface area contributed by atoms with Gasteiger partial charge < -0.3 is 15.1 Å². The maximum absolute atomic E-state index is 11.0. The van der Waals surface area contributed by atoms with Crippen LogP contribution in [-0.2, 0) is 4.79 Å². The molecule has 0 aliphatic heterocycles. The number of nitrogens with one attached hydrogen (secondary N) is 1. The quantitative estimate of drug-likeness (QED) is 0.636. The zero-order chi connectivity index (χ0) is 11.7. The number of rotatable bonds is 8. The second-order valence-electron chi connectivity index (χ2n) is 3.94. The van der Waals surface area contributed by atoms with Gasteiger partial charge in [-0.25, -0.2) is 0 Å². The minimum Gasteiger partial charge on any atom is -0.355 e. The highest BCUT2D eigenvalue weighted by Gasteiger charge is 2.03. The van der Waals surface area contributed by atoms with Crippen LogP contribution in [0.5, 0.6) is 0 Å². The molecule has 0 aromatic carbocycles. The lowest BCUT2D eigenvalue weighted by molar-refractivity contribution is -0.120. The van der Waals surface area contributed by atoms with Gasteiger partial charge in [-0.2, -0.15) is 0 Å². The summed E-state index contributed by atoms with van der Waals surface area (Å²) >= 11 is 0. The molecule has 4 heteroatoms. The number of carbonyl (C=O) groups is 1. The van der Waals surface area contributed by atoms with Crippen molar-refractivity contribution in [3.8, 4) is 0 Å². The Morgan fingerprint density at radius 2 is 1.80 bits per heavy atom. The average molecular weight is 215 g/mol. The molecule has 0 radical (unpaired) electrons. The van der Waals surface area contributed by atoms with Crippen LogP contribution < -0.4 is 5.32 Å². The van der Waals surface area contributed by atoms with Gasteiger partial charge in [0.1, 0.15) is 0 Å². The van der Waals surface area contributed by atoms with Gasteiger partial charge in [0.25, 0.3) is 0 Å². The average Bonchev–Trinajstić information content (AvgIpc) is 2.22. The fourth-order valence-corrected chi connectivity index (χ4v) is 1.25. The molecule has 0 aromatic heterocycles. The molecule has 15 heavy (non-hydrogen) atoms. The molecular formula is C11H25N3O. The Hall–Kier alpha value is -0.610. The van der Waals surface area contributed by atoms with Gasteiger partial charge in [0.15, 0.2) is 0 Å². The van der Waals surface area contributed by atoms with Crippen molar-refractivity contribution < 1.29 is 4.79 Å². The van der Waals surface area contributed by atoms with E-state index in [9.17, 15) is 4.79 Å². The third-order valence-corrected chi connectivity index (χ3v) is 2.38. The molecule has 0 spiro atoms. The highest BCUT2D eigenvalue weighted by molar-refractivity contribution is 5.75. The van der Waals surface area contributed by atoms with E-state index in [1.807, 2.05) is 6.92 Å². The van der Waals surface area contributed by atoms with E-state index in [1.54, 1.807) is 0 Å². The monoisotopic (exact) mass is 215 g/mol. The van der Waals surface area contributed by atoms with Crippen LogP contribution in [0.3, 0.4) is 0 Å². The zero-order valence-corrected chi connectivity index (χ0v) is 10.5. The zero-order valence-electron chi connectivity index (χ0n) is 10.5. The van der Waals surface area contributed by atoms with Crippen molar-refractivity contribution in [2.45, 2.75) is 20.3 Å². The van der Waals surface area contributed by atoms with E-state index in [-0.39, 0.29) is 5.91 Å². The summed E-state index contributed by atoms with van der Waals surface area (Å²) in [7, 11) is 4.15. The molecule has 0 rings (SSSR count). The molecule has 0 bridgehead atoms. The summed E-state index contributed by atoms with van der Waals surface area (Å²) in [6.45, 7) is 8.89. The van der Waals surface area contributed by atoms with Crippen LogP contribution >= 0.6 is 0 Å². The molecule has 0 atom stereocenters. The minimum absolute atomic E-state index is 0.138. The third kappa shape index (κ3) is 8.39. The van der Waals surface area contributed by atoms with E-state index in [0.29, 0.717) is 6.42 Å². The smallest absolute Gasteiger partial charge is 0.219 e. The Labute approximate surface area is 93.6 Å². The number of likely N-dealkylation sites (N-methyl/N-ethyl adjacent to an activating group) is 2. The van der Waals surface area contributed by atoms with E-state index in [2.05, 4.69) is 36.1 Å². The SMILES string of the molecule is CCC(=O)NCCN(CC)CCN(C)C. The van der Waals surface area contributed by atoms with Crippen LogP contribution in [0.4, 0.5) is 0 Å². The predicted molar refractivity (Wildman–Crippen MR) is 64.0 cm³/mol. The lowest BCUT2D eigenvalue weighted by Crippen LogP contribution is -2.38. The summed E-state index contributed by atoms with van der Waals surface area (Å²) in [5, 5.41) is 2.89. The molecule has 0 heterocycles. The lowest BCUT2D eigenvalue weighted by atomic mass is 10.4. The highest BCUT2D eigenvalue weighted by Crippen LogP contribution is 1.88. The third-order valence-electron chi connectivity index (χ3n) is 2.38. The molecule has 0 saturated heterocycles. The van der Waals surface area contributed by atoms with E-state index >= 15 is 0 Å². The summed E-state index contributed by atoms with van der Waals surface area (Å²) in [4.78, 5) is 15.5. The van der Waals surface area contributed by atoms with Crippen molar-refractivity contribution in [2.24, 2.45) is 0 Å². The fraction of sp³-hybridized carbons (Fsp3) is 0.909. The Morgan fingerprint density at radius 1 is 1.13 bits per heavy atom. The van der Waals surface area contributed by atoms with Crippen molar-refractivity contribution in [1.29, 1.82) is 0 Å². The van der Waals surface area contributed by atoms with Gasteiger partial charge in [-0.1, -0.05) is 13.8 Å². The van der Waals surface area contributed by atoms with Crippen molar-refractivity contribution in [3.05, 3.63) is 0 Å². The van der Waals surface area contributed by atoms with Gasteiger partial charge in [-0.15, -0.1) is 0 Å². The molecular weight excluding hydrogens is 190 g/mol. The summed E-state index contributed by atoms with van der Waals surface area (Å²) in [5.41, 5.74) is 0. The topological polar surface area (TPSA) is 35.6 Å². The van der Waals surface area contributed by atoms with Crippen LogP contribution in [0.15, 0.2) is 0 Å². The molecule has 0 aliphatic carbocycles. The first kappa shape index (κ1) is 14.4. The molecule has 90 valence electrons. The van der Waals surface area contributed by atoms with Crippen molar-refractivity contribution in [3.63, 3.8) is 0 Å². The molecule has 0 aromatic rings. The van der Waals surface area contributed by atoms with Crippen molar-refractivity contribution in [2.75, 3.05) is 46.8 Å². The number of amides is 1. The summed E-state index contributed by atoms with van der Waals surface area (Å²) < 4.78 is 0. The van der Waals surface area contributed by atoms with Crippen LogP contribution in [0.1, 0.15) is 20.3 Å². The van der Waals surface area contributed by atoms with E-state index in [0.717, 1.165) is 32.7 Å². The predicted octanol–water partition coefficient (Wildman–Crippen LogP) is 0.396. The van der Waals surface area contributed by atoms with Gasteiger partial charge in [0, 0.05) is 32.6 Å². The fourth-order valence-electron chi connectivity index (χ4n) is 1.25. The number of hydrogen-bond donors (Lipinski definition) is 1. The Balaban J connectivity index is 3.56. The lowest BCUT2D eigenvalue weighted by Gasteiger charge is -2.22. The first-order chi connectivity index (χ1) is 7.10. The maximum Gasteiger partial charge on any atom is 0.219 e. The van der Waals surface area contributed by atoms with Crippen molar-refractivity contribution >= 4 is 5.91 Å². The molecule has 1 amide bonds. The number of hydrogen-bond acceptors (Lipinski definition) is 3. The summed E-state index contributed by atoms with van der Waals surface area (Å²) in [6, 6.07) is 0. The summed E-state index contributed by atoms with van der Waals surface area (Å²) in [5.74, 6) is 0.138. The van der Waals surface area contributed by atoms with Crippen LogP contribution in [-0.4, -0.2) is 62.5 Å². The van der Waals surface area contributed by atoms with Crippen LogP contribution in [0, 0.1) is 0 Å². The Bertz CT molecular complexity index is 171. The largest absolute Gasteiger partial charge is 0.355 e. The van der Waals surface area contributed by atoms with Crippen molar-refractivity contribution in [1.82, 2.24) is 15.1 Å². The van der Waals surface area contributed by atoms with E-state index in [4.69, 9.17) is 0 Å². The first-order valence-corrected chi connectivity index (χ1v) is 5.73. The van der Waals surface area contributed by atoms with Gasteiger partial charge in [-0.3, -0.25) is 4.79 Å². The Morgan fingerprint density at radius 3 is 2.27 bits per heavy atom. The minimum atomic E-state index is 0.138. The molecule has 0 fully saturated rings. The maximum atomic E-state index is 11.0. The summed E-state index contributed by atoms with van der Waals surface area (Å²) in [6.07, 6.45) is 0.573. The Kier molecular flexibility index (Phi) is 8.33. The normalized spacial score (nSPS) is 11.1. The molecule has 0 unspecified atom stereocenters. The van der Waals surface area contributed by atoms with Gasteiger partial charge in [0.2, 0.25) is 5.91 Å². The van der Waals surface area contributed by atoms with Gasteiger partial charge in [-0.05, 0) is 20.6 Å². The van der Waals surface area contributed by atoms with E-state index in [1.165, 1.54) is 0 Å². The molecule has 0 aliphatic rings. The second kappa shape index (κ2) is 8.68. The second-order valence-corrected chi connectivity index (χ2v) is 3.94. The van der Waals surface area contributed by atoms with Gasteiger partial charge in [0.05, 0.1) is 0 Å².